The van der Waals surface area contributed by atoms with Crippen molar-refractivity contribution in [3.8, 4) is 0 Å². The van der Waals surface area contributed by atoms with Gasteiger partial charge in [-0.1, -0.05) is 12.1 Å². The third kappa shape index (κ3) is 3.69. The van der Waals surface area contributed by atoms with Gasteiger partial charge in [0.25, 0.3) is 5.91 Å². The SMILES string of the molecule is NC(=O)NCc1ccc(C(=O)N2CCCCO2)cc1. The highest BCUT2D eigenvalue weighted by molar-refractivity contribution is 5.93. The van der Waals surface area contributed by atoms with Crippen LogP contribution in [-0.4, -0.2) is 30.2 Å². The van der Waals surface area contributed by atoms with Crippen LogP contribution in [0.4, 0.5) is 4.79 Å². The predicted molar refractivity (Wildman–Crippen MR) is 69.1 cm³/mol. The molecule has 1 fully saturated rings. The molecule has 6 heteroatoms. The highest BCUT2D eigenvalue weighted by Gasteiger charge is 2.19. The molecule has 6 nitrogen and oxygen atoms in total. The van der Waals surface area contributed by atoms with Gasteiger partial charge in [0, 0.05) is 18.7 Å². The van der Waals surface area contributed by atoms with Crippen molar-refractivity contribution in [3.63, 3.8) is 0 Å². The zero-order valence-electron chi connectivity index (χ0n) is 10.6. The molecule has 102 valence electrons. The number of rotatable bonds is 3. The summed E-state index contributed by atoms with van der Waals surface area (Å²) in [7, 11) is 0. The average Bonchev–Trinajstić information content (AvgIpc) is 2.46. The molecule has 3 N–H and O–H groups in total. The highest BCUT2D eigenvalue weighted by Crippen LogP contribution is 2.12. The molecule has 3 amide bonds. The Morgan fingerprint density at radius 1 is 1.26 bits per heavy atom. The van der Waals surface area contributed by atoms with Crippen LogP contribution in [0.15, 0.2) is 24.3 Å². The van der Waals surface area contributed by atoms with Crippen LogP contribution in [0.5, 0.6) is 0 Å². The van der Waals surface area contributed by atoms with Crippen LogP contribution < -0.4 is 11.1 Å². The quantitative estimate of drug-likeness (QED) is 0.854. The first kappa shape index (κ1) is 13.4. The summed E-state index contributed by atoms with van der Waals surface area (Å²) in [6.45, 7) is 1.57. The molecule has 0 bridgehead atoms. The average molecular weight is 263 g/mol. The minimum atomic E-state index is -0.568. The summed E-state index contributed by atoms with van der Waals surface area (Å²) in [4.78, 5) is 28.0. The smallest absolute Gasteiger partial charge is 0.312 e. The maximum Gasteiger partial charge on any atom is 0.312 e. The Labute approximate surface area is 111 Å². The Morgan fingerprint density at radius 3 is 2.58 bits per heavy atom. The monoisotopic (exact) mass is 263 g/mol. The molecule has 0 radical (unpaired) electrons. The molecule has 0 unspecified atom stereocenters. The molecule has 1 aromatic rings. The summed E-state index contributed by atoms with van der Waals surface area (Å²) in [5.41, 5.74) is 6.45. The number of primary amides is 1. The summed E-state index contributed by atoms with van der Waals surface area (Å²) in [6.07, 6.45) is 1.95. The second-order valence-electron chi connectivity index (χ2n) is 4.36. The zero-order valence-corrected chi connectivity index (χ0v) is 10.6. The Balaban J connectivity index is 1.97. The van der Waals surface area contributed by atoms with Gasteiger partial charge in [-0.2, -0.15) is 0 Å². The third-order valence-electron chi connectivity index (χ3n) is 2.90. The van der Waals surface area contributed by atoms with Gasteiger partial charge in [-0.05, 0) is 30.5 Å². The molecule has 0 saturated carbocycles. The molecule has 1 aliphatic rings. The number of amides is 3. The van der Waals surface area contributed by atoms with E-state index in [0.717, 1.165) is 18.4 Å². The number of hydrogen-bond donors (Lipinski definition) is 2. The van der Waals surface area contributed by atoms with E-state index in [4.69, 9.17) is 10.6 Å². The minimum absolute atomic E-state index is 0.130. The fraction of sp³-hybridized carbons (Fsp3) is 0.385. The topological polar surface area (TPSA) is 84.7 Å². The summed E-state index contributed by atoms with van der Waals surface area (Å²) < 4.78 is 0. The van der Waals surface area contributed by atoms with Gasteiger partial charge in [-0.25, -0.2) is 9.86 Å². The van der Waals surface area contributed by atoms with E-state index in [-0.39, 0.29) is 5.91 Å². The van der Waals surface area contributed by atoms with Crippen LogP contribution in [-0.2, 0) is 11.4 Å². The fourth-order valence-electron chi connectivity index (χ4n) is 1.86. The van der Waals surface area contributed by atoms with Crippen molar-refractivity contribution in [2.75, 3.05) is 13.2 Å². The van der Waals surface area contributed by atoms with E-state index >= 15 is 0 Å². The van der Waals surface area contributed by atoms with Crippen LogP contribution in [0, 0.1) is 0 Å². The normalized spacial score (nSPS) is 15.1. The Bertz CT molecular complexity index is 453. The lowest BCUT2D eigenvalue weighted by Gasteiger charge is -2.25. The van der Waals surface area contributed by atoms with E-state index in [9.17, 15) is 9.59 Å². The fourth-order valence-corrected chi connectivity index (χ4v) is 1.86. The van der Waals surface area contributed by atoms with E-state index in [2.05, 4.69) is 5.32 Å². The molecular formula is C13H17N3O3. The molecule has 0 aliphatic carbocycles. The molecule has 0 spiro atoms. The standard InChI is InChI=1S/C13H17N3O3/c14-13(18)15-9-10-3-5-11(6-4-10)12(17)16-7-1-2-8-19-16/h3-6H,1-2,7-9H2,(H3,14,15,18). The minimum Gasteiger partial charge on any atom is -0.352 e. The lowest BCUT2D eigenvalue weighted by atomic mass is 10.1. The van der Waals surface area contributed by atoms with Crippen LogP contribution in [0.3, 0.4) is 0 Å². The van der Waals surface area contributed by atoms with Crippen LogP contribution >= 0.6 is 0 Å². The molecule has 0 atom stereocenters. The van der Waals surface area contributed by atoms with Crippen molar-refractivity contribution in [2.24, 2.45) is 5.73 Å². The van der Waals surface area contributed by atoms with Gasteiger partial charge in [-0.15, -0.1) is 0 Å². The Morgan fingerprint density at radius 2 is 2.00 bits per heavy atom. The molecule has 1 aromatic carbocycles. The number of urea groups is 1. The summed E-state index contributed by atoms with van der Waals surface area (Å²) in [5, 5.41) is 3.90. The number of carbonyl (C=O) groups excluding carboxylic acids is 2. The van der Waals surface area contributed by atoms with E-state index in [0.29, 0.717) is 25.3 Å². The molecule has 1 saturated heterocycles. The molecule has 1 aliphatic heterocycles. The largest absolute Gasteiger partial charge is 0.352 e. The first-order valence-corrected chi connectivity index (χ1v) is 6.24. The van der Waals surface area contributed by atoms with E-state index in [1.807, 2.05) is 0 Å². The first-order valence-electron chi connectivity index (χ1n) is 6.24. The van der Waals surface area contributed by atoms with E-state index in [1.165, 1.54) is 5.06 Å². The van der Waals surface area contributed by atoms with Crippen molar-refractivity contribution >= 4 is 11.9 Å². The lowest BCUT2D eigenvalue weighted by molar-refractivity contribution is -0.144. The number of nitrogens with zero attached hydrogens (tertiary/aromatic N) is 1. The van der Waals surface area contributed by atoms with Gasteiger partial charge < -0.3 is 11.1 Å². The van der Waals surface area contributed by atoms with Gasteiger partial charge in [-0.3, -0.25) is 9.63 Å². The van der Waals surface area contributed by atoms with Crippen molar-refractivity contribution < 1.29 is 14.4 Å². The molecule has 1 heterocycles. The zero-order chi connectivity index (χ0) is 13.7. The number of benzene rings is 1. The van der Waals surface area contributed by atoms with Crippen molar-refractivity contribution in [3.05, 3.63) is 35.4 Å². The van der Waals surface area contributed by atoms with Crippen molar-refractivity contribution in [1.29, 1.82) is 0 Å². The maximum atomic E-state index is 12.1. The summed E-state index contributed by atoms with van der Waals surface area (Å²) >= 11 is 0. The maximum absolute atomic E-state index is 12.1. The number of hydroxylamine groups is 2. The van der Waals surface area contributed by atoms with Crippen molar-refractivity contribution in [1.82, 2.24) is 10.4 Å². The number of nitrogens with one attached hydrogen (secondary N) is 1. The molecule has 2 rings (SSSR count). The second kappa shape index (κ2) is 6.19. The van der Waals surface area contributed by atoms with E-state index < -0.39 is 6.03 Å². The van der Waals surface area contributed by atoms with Gasteiger partial charge >= 0.3 is 6.03 Å². The Hall–Kier alpha value is -2.08. The first-order chi connectivity index (χ1) is 9.16. The third-order valence-corrected chi connectivity index (χ3v) is 2.90. The molecule has 19 heavy (non-hydrogen) atoms. The van der Waals surface area contributed by atoms with Crippen LogP contribution in [0.1, 0.15) is 28.8 Å². The number of nitrogens with two attached hydrogens (primary N) is 1. The Kier molecular flexibility index (Phi) is 4.35. The molecular weight excluding hydrogens is 246 g/mol. The predicted octanol–water partition coefficient (Wildman–Crippen LogP) is 1.02. The van der Waals surface area contributed by atoms with Crippen LogP contribution in [0.2, 0.25) is 0 Å². The van der Waals surface area contributed by atoms with Crippen LogP contribution in [0.25, 0.3) is 0 Å². The van der Waals surface area contributed by atoms with Gasteiger partial charge in [0.05, 0.1) is 6.61 Å². The summed E-state index contributed by atoms with van der Waals surface area (Å²) in [6, 6.07) is 6.44. The lowest BCUT2D eigenvalue weighted by Crippen LogP contribution is -2.35. The van der Waals surface area contributed by atoms with Gasteiger partial charge in [0.1, 0.15) is 0 Å². The molecule has 0 aromatic heterocycles. The second-order valence-corrected chi connectivity index (χ2v) is 4.36. The van der Waals surface area contributed by atoms with E-state index in [1.54, 1.807) is 24.3 Å². The number of carbonyl (C=O) groups is 2. The number of hydrogen-bond acceptors (Lipinski definition) is 3. The van der Waals surface area contributed by atoms with Gasteiger partial charge in [0.15, 0.2) is 0 Å². The van der Waals surface area contributed by atoms with Crippen molar-refractivity contribution in [2.45, 2.75) is 19.4 Å². The van der Waals surface area contributed by atoms with Gasteiger partial charge in [0.2, 0.25) is 0 Å². The highest BCUT2D eigenvalue weighted by atomic mass is 16.7. The summed E-state index contributed by atoms with van der Waals surface area (Å²) in [5.74, 6) is -0.130.